The van der Waals surface area contributed by atoms with Crippen LogP contribution in [0.3, 0.4) is 0 Å². The lowest BCUT2D eigenvalue weighted by Gasteiger charge is -2.10. The maximum atomic E-state index is 12.3. The molecule has 0 saturated carbocycles. The van der Waals surface area contributed by atoms with Crippen molar-refractivity contribution in [2.75, 3.05) is 5.32 Å². The molecule has 0 aliphatic heterocycles. The van der Waals surface area contributed by atoms with Crippen LogP contribution in [0.5, 0.6) is 5.75 Å². The van der Waals surface area contributed by atoms with Crippen LogP contribution in [0.4, 0.5) is 5.69 Å². The van der Waals surface area contributed by atoms with Gasteiger partial charge in [-0.05, 0) is 35.7 Å². The molecule has 3 aromatic rings. The third kappa shape index (κ3) is 2.76. The predicted octanol–water partition coefficient (Wildman–Crippen LogP) is 4.56. The molecule has 3 aromatic carbocycles. The van der Waals surface area contributed by atoms with E-state index < -0.39 is 0 Å². The first-order valence-electron chi connectivity index (χ1n) is 6.43. The highest BCUT2D eigenvalue weighted by Gasteiger charge is 2.10. The van der Waals surface area contributed by atoms with Crippen LogP contribution in [-0.4, -0.2) is 11.0 Å². The van der Waals surface area contributed by atoms with Gasteiger partial charge in [-0.2, -0.15) is 0 Å². The Morgan fingerprint density at radius 3 is 2.48 bits per heavy atom. The summed E-state index contributed by atoms with van der Waals surface area (Å²) in [6.45, 7) is 0. The van der Waals surface area contributed by atoms with Crippen molar-refractivity contribution in [3.8, 4) is 5.75 Å². The van der Waals surface area contributed by atoms with E-state index in [2.05, 4.69) is 21.2 Å². The lowest BCUT2D eigenvalue weighted by atomic mass is 10.1. The number of nitrogens with one attached hydrogen (secondary N) is 1. The molecule has 4 heteroatoms. The summed E-state index contributed by atoms with van der Waals surface area (Å²) in [5.41, 5.74) is 1.16. The lowest BCUT2D eigenvalue weighted by molar-refractivity contribution is 0.102. The summed E-state index contributed by atoms with van der Waals surface area (Å²) < 4.78 is 0.980. The Bertz CT molecular complexity index is 830. The third-order valence-corrected chi connectivity index (χ3v) is 3.92. The zero-order valence-electron chi connectivity index (χ0n) is 11.0. The van der Waals surface area contributed by atoms with Crippen molar-refractivity contribution in [1.29, 1.82) is 0 Å². The average molecular weight is 342 g/mol. The van der Waals surface area contributed by atoms with Crippen LogP contribution in [0.1, 0.15) is 10.4 Å². The molecule has 0 spiro atoms. The van der Waals surface area contributed by atoms with E-state index >= 15 is 0 Å². The predicted molar refractivity (Wildman–Crippen MR) is 87.7 cm³/mol. The summed E-state index contributed by atoms with van der Waals surface area (Å²) >= 11 is 3.51. The van der Waals surface area contributed by atoms with Gasteiger partial charge in [-0.3, -0.25) is 4.79 Å². The second kappa shape index (κ2) is 5.58. The minimum Gasteiger partial charge on any atom is -0.508 e. The van der Waals surface area contributed by atoms with Crippen LogP contribution in [0.2, 0.25) is 0 Å². The zero-order chi connectivity index (χ0) is 14.8. The number of amides is 1. The van der Waals surface area contributed by atoms with Crippen molar-refractivity contribution in [3.05, 3.63) is 70.7 Å². The highest BCUT2D eigenvalue weighted by molar-refractivity contribution is 9.10. The highest BCUT2D eigenvalue weighted by Crippen LogP contribution is 2.30. The zero-order valence-corrected chi connectivity index (χ0v) is 12.6. The molecule has 21 heavy (non-hydrogen) atoms. The summed E-state index contributed by atoms with van der Waals surface area (Å²) in [5.74, 6) is -0.179. The minimum absolute atomic E-state index is 0.0725. The van der Waals surface area contributed by atoms with Gasteiger partial charge in [-0.15, -0.1) is 0 Å². The van der Waals surface area contributed by atoms with Gasteiger partial charge in [0.2, 0.25) is 0 Å². The van der Waals surface area contributed by atoms with Crippen molar-refractivity contribution < 1.29 is 9.90 Å². The van der Waals surface area contributed by atoms with E-state index in [9.17, 15) is 9.90 Å². The number of anilines is 1. The quantitative estimate of drug-likeness (QED) is 0.717. The monoisotopic (exact) mass is 341 g/mol. The molecule has 0 aromatic heterocycles. The number of halogens is 1. The molecule has 0 saturated heterocycles. The van der Waals surface area contributed by atoms with Gasteiger partial charge in [0.1, 0.15) is 5.75 Å². The smallest absolute Gasteiger partial charge is 0.255 e. The molecule has 0 fully saturated rings. The van der Waals surface area contributed by atoms with E-state index in [1.807, 2.05) is 36.4 Å². The molecule has 0 aliphatic rings. The number of hydrogen-bond acceptors (Lipinski definition) is 2. The van der Waals surface area contributed by atoms with E-state index in [0.29, 0.717) is 5.56 Å². The molecule has 0 radical (unpaired) electrons. The number of benzene rings is 3. The summed E-state index contributed by atoms with van der Waals surface area (Å²) in [4.78, 5) is 12.3. The topological polar surface area (TPSA) is 49.3 Å². The van der Waals surface area contributed by atoms with E-state index in [1.165, 1.54) is 12.1 Å². The number of carbonyl (C=O) groups is 1. The van der Waals surface area contributed by atoms with Crippen LogP contribution >= 0.6 is 15.9 Å². The summed E-state index contributed by atoms with van der Waals surface area (Å²) in [6, 6.07) is 17.9. The number of phenolic OH excluding ortho intramolecular Hbond substituents is 1. The lowest BCUT2D eigenvalue weighted by Crippen LogP contribution is -2.11. The Labute approximate surface area is 130 Å². The fraction of sp³-hybridized carbons (Fsp3) is 0. The maximum Gasteiger partial charge on any atom is 0.255 e. The van der Waals surface area contributed by atoms with Gasteiger partial charge in [0, 0.05) is 21.1 Å². The Kier molecular flexibility index (Phi) is 3.62. The summed E-state index contributed by atoms with van der Waals surface area (Å²) in [5, 5.41) is 14.3. The van der Waals surface area contributed by atoms with Crippen LogP contribution < -0.4 is 5.32 Å². The van der Waals surface area contributed by atoms with Crippen LogP contribution in [-0.2, 0) is 0 Å². The Morgan fingerprint density at radius 1 is 0.952 bits per heavy atom. The third-order valence-electron chi connectivity index (χ3n) is 3.23. The second-order valence-electron chi connectivity index (χ2n) is 4.64. The van der Waals surface area contributed by atoms with E-state index in [4.69, 9.17) is 0 Å². The average Bonchev–Trinajstić information content (AvgIpc) is 2.50. The molecular weight excluding hydrogens is 330 g/mol. The van der Waals surface area contributed by atoms with Crippen LogP contribution in [0.25, 0.3) is 10.8 Å². The van der Waals surface area contributed by atoms with E-state index in [1.54, 1.807) is 12.1 Å². The number of phenols is 1. The second-order valence-corrected chi connectivity index (χ2v) is 5.50. The highest BCUT2D eigenvalue weighted by atomic mass is 79.9. The first-order chi connectivity index (χ1) is 10.1. The molecule has 2 N–H and O–H groups in total. The Hall–Kier alpha value is -2.33. The van der Waals surface area contributed by atoms with Gasteiger partial charge in [-0.1, -0.05) is 46.3 Å². The first-order valence-corrected chi connectivity index (χ1v) is 7.22. The van der Waals surface area contributed by atoms with Crippen molar-refractivity contribution in [3.63, 3.8) is 0 Å². The van der Waals surface area contributed by atoms with Gasteiger partial charge in [0.15, 0.2) is 0 Å². The number of hydrogen-bond donors (Lipinski definition) is 2. The van der Waals surface area contributed by atoms with Gasteiger partial charge < -0.3 is 10.4 Å². The summed E-state index contributed by atoms with van der Waals surface area (Å²) in [7, 11) is 0. The number of fused-ring (bicyclic) bond motifs is 1. The van der Waals surface area contributed by atoms with Crippen molar-refractivity contribution in [2.45, 2.75) is 0 Å². The molecule has 0 unspecified atom stereocenters. The van der Waals surface area contributed by atoms with Crippen molar-refractivity contribution in [2.24, 2.45) is 0 Å². The van der Waals surface area contributed by atoms with Gasteiger partial charge >= 0.3 is 0 Å². The Morgan fingerprint density at radius 2 is 1.71 bits per heavy atom. The largest absolute Gasteiger partial charge is 0.508 e. The fourth-order valence-corrected chi connectivity index (χ4v) is 2.69. The van der Waals surface area contributed by atoms with E-state index in [0.717, 1.165) is 20.9 Å². The molecule has 0 heterocycles. The Balaban J connectivity index is 1.99. The minimum atomic E-state index is -0.252. The number of aromatic hydroxyl groups is 1. The van der Waals surface area contributed by atoms with Crippen molar-refractivity contribution in [1.82, 2.24) is 0 Å². The number of rotatable bonds is 2. The van der Waals surface area contributed by atoms with Crippen LogP contribution in [0, 0.1) is 0 Å². The normalized spacial score (nSPS) is 10.5. The van der Waals surface area contributed by atoms with Crippen molar-refractivity contribution >= 4 is 38.3 Å². The molecular formula is C17H12BrNO2. The molecule has 104 valence electrons. The van der Waals surface area contributed by atoms with Crippen LogP contribution in [0.15, 0.2) is 65.1 Å². The van der Waals surface area contributed by atoms with Gasteiger partial charge in [0.05, 0.1) is 0 Å². The molecule has 0 aliphatic carbocycles. The SMILES string of the molecule is O=C(Nc1ccc(Br)c2ccccc12)c1cccc(O)c1. The maximum absolute atomic E-state index is 12.3. The van der Waals surface area contributed by atoms with Gasteiger partial charge in [-0.25, -0.2) is 0 Å². The van der Waals surface area contributed by atoms with E-state index in [-0.39, 0.29) is 11.7 Å². The standard InChI is InChI=1S/C17H12BrNO2/c18-15-8-9-16(14-7-2-1-6-13(14)15)19-17(21)11-4-3-5-12(20)10-11/h1-10,20H,(H,19,21). The fourth-order valence-electron chi connectivity index (χ4n) is 2.21. The molecule has 0 bridgehead atoms. The van der Waals surface area contributed by atoms with Gasteiger partial charge in [0.25, 0.3) is 5.91 Å². The number of carbonyl (C=O) groups excluding carboxylic acids is 1. The molecule has 0 atom stereocenters. The molecule has 3 rings (SSSR count). The summed E-state index contributed by atoms with van der Waals surface area (Å²) in [6.07, 6.45) is 0. The first kappa shape index (κ1) is 13.6. The molecule has 1 amide bonds. The molecule has 3 nitrogen and oxygen atoms in total.